The molecule has 0 aromatic carbocycles. The molecule has 2 N–H and O–H groups in total. The number of nitrogens with two attached hydrogens (primary N) is 1. The average Bonchev–Trinajstić information content (AvgIpc) is 2.54. The summed E-state index contributed by atoms with van der Waals surface area (Å²) in [6.07, 6.45) is 2.31. The second-order valence-electron chi connectivity index (χ2n) is 4.98. The molecule has 2 heterocycles. The van der Waals surface area contributed by atoms with Crippen LogP contribution in [0.5, 0.6) is 0 Å². The Hall–Kier alpha value is -0.570. The average molecular weight is 183 g/mol. The molecule has 2 fully saturated rings. The lowest BCUT2D eigenvalue weighted by Gasteiger charge is -2.42. The van der Waals surface area contributed by atoms with E-state index in [9.17, 15) is 4.79 Å². The molecule has 2 aliphatic rings. The van der Waals surface area contributed by atoms with Crippen LogP contribution < -0.4 is 5.73 Å². The van der Waals surface area contributed by atoms with Crippen LogP contribution in [0.15, 0.2) is 0 Å². The Balaban J connectivity index is 2.43. The summed E-state index contributed by atoms with van der Waals surface area (Å²) >= 11 is 0. The topological polar surface area (TPSA) is 52.3 Å². The zero-order valence-electron chi connectivity index (χ0n) is 8.46. The largest absolute Gasteiger partial charge is 0.373 e. The van der Waals surface area contributed by atoms with E-state index in [-0.39, 0.29) is 23.5 Å². The fraction of sp³-hybridized carbons (Fsp3) is 0.900. The highest BCUT2D eigenvalue weighted by Gasteiger charge is 2.64. The summed E-state index contributed by atoms with van der Waals surface area (Å²) in [6.45, 7) is 6.11. The molecule has 0 aromatic rings. The molecule has 3 atom stereocenters. The lowest BCUT2D eigenvalue weighted by Crippen LogP contribution is -2.52. The number of ether oxygens (including phenoxy) is 1. The molecule has 74 valence electrons. The number of carbonyl (C=O) groups excluding carboxylic acids is 1. The molecule has 2 bridgehead atoms. The van der Waals surface area contributed by atoms with Crippen LogP contribution in [0.4, 0.5) is 0 Å². The zero-order valence-corrected chi connectivity index (χ0v) is 8.46. The van der Waals surface area contributed by atoms with Gasteiger partial charge < -0.3 is 10.5 Å². The van der Waals surface area contributed by atoms with Gasteiger partial charge in [-0.05, 0) is 19.8 Å². The van der Waals surface area contributed by atoms with Gasteiger partial charge in [-0.3, -0.25) is 4.79 Å². The number of fused-ring (bicyclic) bond motifs is 2. The number of rotatable bonds is 1. The molecule has 0 aromatic heterocycles. The second-order valence-corrected chi connectivity index (χ2v) is 4.98. The summed E-state index contributed by atoms with van der Waals surface area (Å²) in [5, 5.41) is 0. The number of carbonyl (C=O) groups is 1. The van der Waals surface area contributed by atoms with Crippen molar-refractivity contribution in [2.45, 2.75) is 45.8 Å². The normalized spacial score (nSPS) is 46.7. The van der Waals surface area contributed by atoms with Crippen molar-refractivity contribution >= 4 is 5.91 Å². The molecule has 0 saturated carbocycles. The number of hydrogen-bond acceptors (Lipinski definition) is 2. The van der Waals surface area contributed by atoms with Crippen LogP contribution in [0.25, 0.3) is 0 Å². The highest BCUT2D eigenvalue weighted by molar-refractivity contribution is 5.83. The minimum atomic E-state index is -0.476. The summed E-state index contributed by atoms with van der Waals surface area (Å²) in [4.78, 5) is 11.5. The fourth-order valence-corrected chi connectivity index (χ4v) is 2.82. The van der Waals surface area contributed by atoms with Crippen LogP contribution in [0.3, 0.4) is 0 Å². The third-order valence-electron chi connectivity index (χ3n) is 4.32. The number of primary amides is 1. The standard InChI is InChI=1S/C10H17NO2/c1-9(2)6-4-5-7(13-6)10(9,3)8(11)12/h6-7H,4-5H2,1-3H3,(H2,11,12). The Labute approximate surface area is 78.6 Å². The van der Waals surface area contributed by atoms with Crippen molar-refractivity contribution in [2.24, 2.45) is 16.6 Å². The summed E-state index contributed by atoms with van der Waals surface area (Å²) in [5.74, 6) is -0.218. The van der Waals surface area contributed by atoms with E-state index in [2.05, 4.69) is 13.8 Å². The number of amides is 1. The van der Waals surface area contributed by atoms with E-state index in [4.69, 9.17) is 10.5 Å². The molecule has 2 saturated heterocycles. The van der Waals surface area contributed by atoms with Crippen molar-refractivity contribution in [3.05, 3.63) is 0 Å². The van der Waals surface area contributed by atoms with Gasteiger partial charge in [-0.2, -0.15) is 0 Å². The first-order chi connectivity index (χ1) is 5.90. The smallest absolute Gasteiger partial charge is 0.226 e. The van der Waals surface area contributed by atoms with Crippen molar-refractivity contribution < 1.29 is 9.53 Å². The molecule has 1 amide bonds. The van der Waals surface area contributed by atoms with E-state index >= 15 is 0 Å². The van der Waals surface area contributed by atoms with Gasteiger partial charge in [0.05, 0.1) is 17.6 Å². The molecule has 2 rings (SSSR count). The van der Waals surface area contributed by atoms with Crippen molar-refractivity contribution in [3.63, 3.8) is 0 Å². The fourth-order valence-electron chi connectivity index (χ4n) is 2.82. The summed E-state index contributed by atoms with van der Waals surface area (Å²) < 4.78 is 5.76. The molecular formula is C10H17NO2. The lowest BCUT2D eigenvalue weighted by molar-refractivity contribution is -0.134. The van der Waals surface area contributed by atoms with Gasteiger partial charge in [0.1, 0.15) is 0 Å². The van der Waals surface area contributed by atoms with E-state index in [1.807, 2.05) is 6.92 Å². The highest BCUT2D eigenvalue weighted by Crippen LogP contribution is 2.58. The Morgan fingerprint density at radius 1 is 1.31 bits per heavy atom. The Bertz CT molecular complexity index is 262. The van der Waals surface area contributed by atoms with Crippen LogP contribution in [-0.4, -0.2) is 18.1 Å². The molecule has 3 nitrogen and oxygen atoms in total. The van der Waals surface area contributed by atoms with Crippen molar-refractivity contribution in [2.75, 3.05) is 0 Å². The molecule has 3 heteroatoms. The predicted molar refractivity (Wildman–Crippen MR) is 49.0 cm³/mol. The van der Waals surface area contributed by atoms with E-state index in [1.165, 1.54) is 0 Å². The second kappa shape index (κ2) is 2.27. The van der Waals surface area contributed by atoms with Gasteiger partial charge in [-0.15, -0.1) is 0 Å². The molecule has 13 heavy (non-hydrogen) atoms. The van der Waals surface area contributed by atoms with E-state index in [1.54, 1.807) is 0 Å². The third kappa shape index (κ3) is 0.810. The molecule has 0 spiro atoms. The van der Waals surface area contributed by atoms with Gasteiger partial charge in [0, 0.05) is 5.41 Å². The Kier molecular flexibility index (Phi) is 1.57. The zero-order chi connectivity index (χ0) is 9.85. The van der Waals surface area contributed by atoms with Crippen LogP contribution in [0.2, 0.25) is 0 Å². The minimum Gasteiger partial charge on any atom is -0.373 e. The Morgan fingerprint density at radius 3 is 2.15 bits per heavy atom. The highest BCUT2D eigenvalue weighted by atomic mass is 16.5. The lowest BCUT2D eigenvalue weighted by atomic mass is 9.58. The maximum absolute atomic E-state index is 11.5. The van der Waals surface area contributed by atoms with E-state index < -0.39 is 5.41 Å². The Morgan fingerprint density at radius 2 is 1.85 bits per heavy atom. The number of hydrogen-bond donors (Lipinski definition) is 1. The quantitative estimate of drug-likeness (QED) is 0.661. The first-order valence-corrected chi connectivity index (χ1v) is 4.86. The molecule has 0 radical (unpaired) electrons. The van der Waals surface area contributed by atoms with Crippen LogP contribution in [-0.2, 0) is 9.53 Å². The predicted octanol–water partition coefficient (Wildman–Crippen LogP) is 1.07. The third-order valence-corrected chi connectivity index (χ3v) is 4.32. The van der Waals surface area contributed by atoms with Gasteiger partial charge in [-0.25, -0.2) is 0 Å². The SMILES string of the molecule is CC1(C)C2CCC(O2)C1(C)C(N)=O. The summed E-state index contributed by atoms with van der Waals surface area (Å²) in [7, 11) is 0. The first-order valence-electron chi connectivity index (χ1n) is 4.86. The van der Waals surface area contributed by atoms with Crippen LogP contribution in [0, 0.1) is 10.8 Å². The van der Waals surface area contributed by atoms with Crippen molar-refractivity contribution in [1.82, 2.24) is 0 Å². The van der Waals surface area contributed by atoms with Crippen LogP contribution >= 0.6 is 0 Å². The maximum atomic E-state index is 11.5. The molecule has 2 aliphatic heterocycles. The summed E-state index contributed by atoms with van der Waals surface area (Å²) in [5.41, 5.74) is 4.89. The molecule has 3 unspecified atom stereocenters. The minimum absolute atomic E-state index is 0.0463. The maximum Gasteiger partial charge on any atom is 0.226 e. The van der Waals surface area contributed by atoms with Gasteiger partial charge in [-0.1, -0.05) is 13.8 Å². The molecule has 0 aliphatic carbocycles. The van der Waals surface area contributed by atoms with Gasteiger partial charge >= 0.3 is 0 Å². The van der Waals surface area contributed by atoms with E-state index in [0.717, 1.165) is 12.8 Å². The summed E-state index contributed by atoms with van der Waals surface area (Å²) in [6, 6.07) is 0. The van der Waals surface area contributed by atoms with Gasteiger partial charge in [0.25, 0.3) is 0 Å². The van der Waals surface area contributed by atoms with Gasteiger partial charge in [0.15, 0.2) is 0 Å². The van der Waals surface area contributed by atoms with E-state index in [0.29, 0.717) is 0 Å². The van der Waals surface area contributed by atoms with Crippen LogP contribution in [0.1, 0.15) is 33.6 Å². The monoisotopic (exact) mass is 183 g/mol. The first kappa shape index (κ1) is 9.00. The van der Waals surface area contributed by atoms with Crippen molar-refractivity contribution in [3.8, 4) is 0 Å². The van der Waals surface area contributed by atoms with Gasteiger partial charge in [0.2, 0.25) is 5.91 Å². The molecular weight excluding hydrogens is 166 g/mol. The van der Waals surface area contributed by atoms with Crippen molar-refractivity contribution in [1.29, 1.82) is 0 Å².